The van der Waals surface area contributed by atoms with E-state index in [9.17, 15) is 4.39 Å². The van der Waals surface area contributed by atoms with Crippen LogP contribution in [0.2, 0.25) is 5.02 Å². The maximum absolute atomic E-state index is 13.4. The number of nitrogens with one attached hydrogen (secondary N) is 2. The van der Waals surface area contributed by atoms with Crippen LogP contribution in [0.15, 0.2) is 24.5 Å². The fourth-order valence-corrected chi connectivity index (χ4v) is 2.21. The molecular formula is C14H16ClFN4. The van der Waals surface area contributed by atoms with Crippen molar-refractivity contribution in [2.24, 2.45) is 0 Å². The quantitative estimate of drug-likeness (QED) is 0.875. The first-order chi connectivity index (χ1) is 9.63. The van der Waals surface area contributed by atoms with Crippen molar-refractivity contribution in [3.63, 3.8) is 0 Å². The molecule has 4 nitrogen and oxygen atoms in total. The van der Waals surface area contributed by atoms with Crippen LogP contribution in [0.1, 0.15) is 18.9 Å². The predicted molar refractivity (Wildman–Crippen MR) is 80.3 cm³/mol. The number of nitrogens with zero attached hydrogens (tertiary/aromatic N) is 2. The van der Waals surface area contributed by atoms with Gasteiger partial charge in [0.15, 0.2) is 0 Å². The molecule has 0 saturated carbocycles. The summed E-state index contributed by atoms with van der Waals surface area (Å²) in [6.07, 6.45) is 3.25. The molecule has 0 aliphatic heterocycles. The van der Waals surface area contributed by atoms with Crippen molar-refractivity contribution >= 4 is 28.9 Å². The number of benzene rings is 1. The molecule has 2 rings (SSSR count). The molecule has 0 amide bonds. The molecule has 2 aromatic rings. The molecule has 0 saturated heterocycles. The van der Waals surface area contributed by atoms with Crippen LogP contribution in [0, 0.1) is 5.82 Å². The van der Waals surface area contributed by atoms with Gasteiger partial charge >= 0.3 is 0 Å². The summed E-state index contributed by atoms with van der Waals surface area (Å²) in [6.45, 7) is 2.08. The van der Waals surface area contributed by atoms with Crippen LogP contribution in [0.4, 0.5) is 21.7 Å². The van der Waals surface area contributed by atoms with Gasteiger partial charge in [0, 0.05) is 23.3 Å². The van der Waals surface area contributed by atoms with Gasteiger partial charge in [-0.3, -0.25) is 0 Å². The molecule has 106 valence electrons. The summed E-state index contributed by atoms with van der Waals surface area (Å²) in [4.78, 5) is 8.42. The second-order valence-electron chi connectivity index (χ2n) is 4.33. The van der Waals surface area contributed by atoms with Crippen molar-refractivity contribution in [3.05, 3.63) is 40.9 Å². The Hall–Kier alpha value is -1.88. The van der Waals surface area contributed by atoms with Gasteiger partial charge in [0.25, 0.3) is 0 Å². The van der Waals surface area contributed by atoms with Gasteiger partial charge in [0.2, 0.25) is 0 Å². The fourth-order valence-electron chi connectivity index (χ4n) is 1.99. The Morgan fingerprint density at radius 3 is 2.60 bits per heavy atom. The van der Waals surface area contributed by atoms with Gasteiger partial charge in [0.1, 0.15) is 23.8 Å². The van der Waals surface area contributed by atoms with Crippen LogP contribution in [0.3, 0.4) is 0 Å². The summed E-state index contributed by atoms with van der Waals surface area (Å²) in [5.41, 5.74) is 1.53. The molecule has 1 aromatic carbocycles. The zero-order chi connectivity index (χ0) is 14.5. The molecule has 20 heavy (non-hydrogen) atoms. The van der Waals surface area contributed by atoms with Crippen molar-refractivity contribution < 1.29 is 4.39 Å². The smallest absolute Gasteiger partial charge is 0.139 e. The molecule has 0 atom stereocenters. The van der Waals surface area contributed by atoms with E-state index in [4.69, 9.17) is 11.6 Å². The third-order valence-electron chi connectivity index (χ3n) is 2.81. The number of rotatable bonds is 5. The summed E-state index contributed by atoms with van der Waals surface area (Å²) in [5, 5.41) is 6.48. The number of hydrogen-bond donors (Lipinski definition) is 2. The van der Waals surface area contributed by atoms with Crippen molar-refractivity contribution in [2.75, 3.05) is 17.7 Å². The van der Waals surface area contributed by atoms with Gasteiger partial charge in [0.05, 0.1) is 0 Å². The monoisotopic (exact) mass is 294 g/mol. The molecule has 0 unspecified atom stereocenters. The fraction of sp³-hybridized carbons (Fsp3) is 0.286. The summed E-state index contributed by atoms with van der Waals surface area (Å²) in [5.74, 6) is 1.04. The molecule has 0 aliphatic carbocycles. The van der Waals surface area contributed by atoms with Gasteiger partial charge in [-0.25, -0.2) is 14.4 Å². The average molecular weight is 295 g/mol. The first-order valence-corrected chi connectivity index (χ1v) is 6.76. The van der Waals surface area contributed by atoms with E-state index < -0.39 is 0 Å². The minimum absolute atomic E-state index is 0.340. The van der Waals surface area contributed by atoms with Crippen LogP contribution in [0.25, 0.3) is 0 Å². The van der Waals surface area contributed by atoms with E-state index in [-0.39, 0.29) is 5.82 Å². The van der Waals surface area contributed by atoms with E-state index in [1.807, 2.05) is 7.05 Å². The van der Waals surface area contributed by atoms with E-state index in [1.165, 1.54) is 18.5 Å². The van der Waals surface area contributed by atoms with E-state index >= 15 is 0 Å². The first-order valence-electron chi connectivity index (χ1n) is 6.38. The number of hydrogen-bond acceptors (Lipinski definition) is 4. The van der Waals surface area contributed by atoms with Gasteiger partial charge in [-0.2, -0.15) is 0 Å². The highest BCUT2D eigenvalue weighted by atomic mass is 35.5. The highest BCUT2D eigenvalue weighted by molar-refractivity contribution is 6.30. The Morgan fingerprint density at radius 2 is 1.95 bits per heavy atom. The number of aromatic nitrogens is 2. The molecular weight excluding hydrogens is 279 g/mol. The minimum Gasteiger partial charge on any atom is -0.373 e. The Balaban J connectivity index is 2.37. The maximum atomic E-state index is 13.4. The SMILES string of the molecule is CCCc1c(NC)ncnc1Nc1cc(F)cc(Cl)c1. The molecule has 1 heterocycles. The molecule has 1 aromatic heterocycles. The minimum atomic E-state index is -0.389. The lowest BCUT2D eigenvalue weighted by molar-refractivity contribution is 0.628. The van der Waals surface area contributed by atoms with Crippen molar-refractivity contribution in [1.82, 2.24) is 9.97 Å². The zero-order valence-electron chi connectivity index (χ0n) is 11.4. The van der Waals surface area contributed by atoms with Crippen LogP contribution in [-0.4, -0.2) is 17.0 Å². The largest absolute Gasteiger partial charge is 0.373 e. The van der Waals surface area contributed by atoms with Crippen LogP contribution in [0.5, 0.6) is 0 Å². The van der Waals surface area contributed by atoms with Crippen molar-refractivity contribution in [2.45, 2.75) is 19.8 Å². The Kier molecular flexibility index (Phi) is 4.74. The van der Waals surface area contributed by atoms with E-state index in [2.05, 4.69) is 27.5 Å². The van der Waals surface area contributed by atoms with Crippen molar-refractivity contribution in [1.29, 1.82) is 0 Å². The lowest BCUT2D eigenvalue weighted by Crippen LogP contribution is -2.05. The maximum Gasteiger partial charge on any atom is 0.139 e. The summed E-state index contributed by atoms with van der Waals surface area (Å²) in [7, 11) is 1.81. The average Bonchev–Trinajstić information content (AvgIpc) is 2.39. The van der Waals surface area contributed by atoms with E-state index in [0.717, 1.165) is 24.2 Å². The van der Waals surface area contributed by atoms with Crippen LogP contribution < -0.4 is 10.6 Å². The summed E-state index contributed by atoms with van der Waals surface area (Å²) < 4.78 is 13.4. The third kappa shape index (κ3) is 3.36. The Labute approximate surface area is 122 Å². The van der Waals surface area contributed by atoms with Gasteiger partial charge < -0.3 is 10.6 Å². The van der Waals surface area contributed by atoms with E-state index in [1.54, 1.807) is 6.07 Å². The normalized spacial score (nSPS) is 10.4. The van der Waals surface area contributed by atoms with Crippen LogP contribution >= 0.6 is 11.6 Å². The van der Waals surface area contributed by atoms with Crippen LogP contribution in [-0.2, 0) is 6.42 Å². The molecule has 0 fully saturated rings. The standard InChI is InChI=1S/C14H16ClFN4/c1-3-4-12-13(17-2)18-8-19-14(12)20-11-6-9(15)5-10(16)7-11/h5-8H,3-4H2,1-2H3,(H2,17,18,19,20). The van der Waals surface area contributed by atoms with Crippen molar-refractivity contribution in [3.8, 4) is 0 Å². The number of anilines is 3. The third-order valence-corrected chi connectivity index (χ3v) is 3.03. The Morgan fingerprint density at radius 1 is 1.20 bits per heavy atom. The van der Waals surface area contributed by atoms with Gasteiger partial charge in [-0.15, -0.1) is 0 Å². The Bertz CT molecular complexity index is 583. The molecule has 0 spiro atoms. The predicted octanol–water partition coefficient (Wildman–Crippen LogP) is 4.01. The number of halogens is 2. The zero-order valence-corrected chi connectivity index (χ0v) is 12.1. The molecule has 0 bridgehead atoms. The van der Waals surface area contributed by atoms with E-state index in [0.29, 0.717) is 16.5 Å². The highest BCUT2D eigenvalue weighted by Crippen LogP contribution is 2.26. The summed E-state index contributed by atoms with van der Waals surface area (Å²) >= 11 is 5.85. The molecule has 0 radical (unpaired) electrons. The second kappa shape index (κ2) is 6.52. The second-order valence-corrected chi connectivity index (χ2v) is 4.77. The van der Waals surface area contributed by atoms with Gasteiger partial charge in [-0.05, 0) is 24.6 Å². The molecule has 0 aliphatic rings. The highest BCUT2D eigenvalue weighted by Gasteiger charge is 2.10. The first kappa shape index (κ1) is 14.5. The lowest BCUT2D eigenvalue weighted by atomic mass is 10.1. The topological polar surface area (TPSA) is 49.8 Å². The van der Waals surface area contributed by atoms with Gasteiger partial charge in [-0.1, -0.05) is 24.9 Å². The molecule has 6 heteroatoms. The molecule has 2 N–H and O–H groups in total. The summed E-state index contributed by atoms with van der Waals surface area (Å²) in [6, 6.07) is 4.29. The lowest BCUT2D eigenvalue weighted by Gasteiger charge is -2.13.